The molecule has 1 aliphatic heterocycles. The lowest BCUT2D eigenvalue weighted by Crippen LogP contribution is -2.50. The Labute approximate surface area is 149 Å². The minimum absolute atomic E-state index is 0.0552. The zero-order chi connectivity index (χ0) is 17.4. The van der Waals surface area contributed by atoms with Crippen molar-refractivity contribution in [2.75, 3.05) is 26.2 Å². The van der Waals surface area contributed by atoms with Gasteiger partial charge in [0.15, 0.2) is 10.7 Å². The van der Waals surface area contributed by atoms with Crippen molar-refractivity contribution >= 4 is 28.1 Å². The lowest BCUT2D eigenvalue weighted by molar-refractivity contribution is -0.130. The van der Waals surface area contributed by atoms with Crippen LogP contribution in [-0.4, -0.2) is 57.2 Å². The molecule has 3 aromatic rings. The maximum Gasteiger partial charge on any atom is 0.274 e. The summed E-state index contributed by atoms with van der Waals surface area (Å²) in [5.74, 6) is -0.0162. The number of hydrogen-bond donors (Lipinski definition) is 0. The summed E-state index contributed by atoms with van der Waals surface area (Å²) in [5.41, 5.74) is 2.28. The summed E-state index contributed by atoms with van der Waals surface area (Å²) < 4.78 is 1.97. The van der Waals surface area contributed by atoms with Crippen LogP contribution in [0.4, 0.5) is 0 Å². The number of hydrogen-bond acceptors (Lipinski definition) is 4. The van der Waals surface area contributed by atoms with Crippen LogP contribution in [-0.2, 0) is 4.79 Å². The van der Waals surface area contributed by atoms with Gasteiger partial charge in [-0.15, -0.1) is 11.3 Å². The Hall–Kier alpha value is -2.67. The van der Waals surface area contributed by atoms with Gasteiger partial charge in [0, 0.05) is 50.2 Å². The summed E-state index contributed by atoms with van der Waals surface area (Å²) in [6.07, 6.45) is 1.94. The molecule has 0 bridgehead atoms. The highest BCUT2D eigenvalue weighted by Gasteiger charge is 2.28. The summed E-state index contributed by atoms with van der Waals surface area (Å²) >= 11 is 1.51. The number of fused-ring (bicyclic) bond motifs is 1. The molecule has 0 saturated carbocycles. The quantitative estimate of drug-likeness (QED) is 0.710. The highest BCUT2D eigenvalue weighted by atomic mass is 32.1. The third-order valence-electron chi connectivity index (χ3n) is 4.52. The predicted molar refractivity (Wildman–Crippen MR) is 96.7 cm³/mol. The molecular formula is C18H18N4O2S. The van der Waals surface area contributed by atoms with Gasteiger partial charge in [-0.05, 0) is 0 Å². The average molecular weight is 354 g/mol. The highest BCUT2D eigenvalue weighted by Crippen LogP contribution is 2.28. The molecule has 1 fully saturated rings. The molecule has 0 aliphatic carbocycles. The Morgan fingerprint density at radius 2 is 1.72 bits per heavy atom. The van der Waals surface area contributed by atoms with Crippen LogP contribution >= 0.6 is 11.3 Å². The monoisotopic (exact) mass is 354 g/mol. The van der Waals surface area contributed by atoms with Gasteiger partial charge >= 0.3 is 0 Å². The Balaban J connectivity index is 1.69. The number of thiazole rings is 1. The maximum absolute atomic E-state index is 13.1. The molecule has 3 heterocycles. The molecule has 7 heteroatoms. The summed E-state index contributed by atoms with van der Waals surface area (Å²) in [4.78, 5) is 33.5. The van der Waals surface area contributed by atoms with Crippen molar-refractivity contribution in [2.24, 2.45) is 0 Å². The first-order valence-corrected chi connectivity index (χ1v) is 9.09. The summed E-state index contributed by atoms with van der Waals surface area (Å²) in [5, 5.41) is 1.97. The second-order valence-corrected chi connectivity index (χ2v) is 6.90. The minimum Gasteiger partial charge on any atom is -0.339 e. The van der Waals surface area contributed by atoms with Crippen LogP contribution in [0, 0.1) is 0 Å². The number of aromatic nitrogens is 2. The Morgan fingerprint density at radius 3 is 2.40 bits per heavy atom. The fourth-order valence-electron chi connectivity index (χ4n) is 3.18. The number of imidazole rings is 1. The van der Waals surface area contributed by atoms with Crippen LogP contribution in [0.25, 0.3) is 16.2 Å². The molecule has 2 aromatic heterocycles. The molecule has 4 rings (SSSR count). The third kappa shape index (κ3) is 2.80. The second-order valence-electron chi connectivity index (χ2n) is 6.03. The number of carbonyl (C=O) groups excluding carboxylic acids is 2. The van der Waals surface area contributed by atoms with E-state index in [1.165, 1.54) is 11.3 Å². The summed E-state index contributed by atoms with van der Waals surface area (Å²) in [6, 6.07) is 9.86. The molecule has 1 saturated heterocycles. The van der Waals surface area contributed by atoms with Crippen molar-refractivity contribution in [1.82, 2.24) is 19.2 Å². The Bertz CT molecular complexity index is 923. The van der Waals surface area contributed by atoms with Gasteiger partial charge in [-0.3, -0.25) is 14.0 Å². The van der Waals surface area contributed by atoms with Crippen molar-refractivity contribution in [3.8, 4) is 11.3 Å². The van der Waals surface area contributed by atoms with Crippen LogP contribution < -0.4 is 0 Å². The van der Waals surface area contributed by atoms with Crippen LogP contribution in [0.3, 0.4) is 0 Å². The van der Waals surface area contributed by atoms with Crippen molar-refractivity contribution in [3.63, 3.8) is 0 Å². The van der Waals surface area contributed by atoms with E-state index in [-0.39, 0.29) is 11.8 Å². The first kappa shape index (κ1) is 15.8. The van der Waals surface area contributed by atoms with Crippen LogP contribution in [0.15, 0.2) is 41.9 Å². The van der Waals surface area contributed by atoms with Gasteiger partial charge in [0.25, 0.3) is 5.91 Å². The summed E-state index contributed by atoms with van der Waals surface area (Å²) in [7, 11) is 0. The molecule has 25 heavy (non-hydrogen) atoms. The topological polar surface area (TPSA) is 57.9 Å². The smallest absolute Gasteiger partial charge is 0.274 e. The first-order chi connectivity index (χ1) is 12.1. The highest BCUT2D eigenvalue weighted by molar-refractivity contribution is 7.15. The van der Waals surface area contributed by atoms with Gasteiger partial charge in [-0.2, -0.15) is 0 Å². The van der Waals surface area contributed by atoms with Crippen molar-refractivity contribution in [2.45, 2.75) is 6.92 Å². The molecule has 1 aromatic carbocycles. The van der Waals surface area contributed by atoms with E-state index in [4.69, 9.17) is 0 Å². The van der Waals surface area contributed by atoms with Crippen LogP contribution in [0.2, 0.25) is 0 Å². The summed E-state index contributed by atoms with van der Waals surface area (Å²) in [6.45, 7) is 3.79. The molecule has 0 radical (unpaired) electrons. The fourth-order valence-corrected chi connectivity index (χ4v) is 3.89. The minimum atomic E-state index is -0.0713. The number of amides is 2. The fraction of sp³-hybridized carbons (Fsp3) is 0.278. The molecule has 0 N–H and O–H groups in total. The number of piperazine rings is 1. The van der Waals surface area contributed by atoms with E-state index in [0.29, 0.717) is 31.9 Å². The van der Waals surface area contributed by atoms with E-state index >= 15 is 0 Å². The van der Waals surface area contributed by atoms with E-state index in [9.17, 15) is 9.59 Å². The normalized spacial score (nSPS) is 14.9. The van der Waals surface area contributed by atoms with Gasteiger partial charge in [0.1, 0.15) is 0 Å². The molecule has 0 unspecified atom stereocenters. The van der Waals surface area contributed by atoms with Gasteiger partial charge in [-0.1, -0.05) is 30.3 Å². The van der Waals surface area contributed by atoms with E-state index in [1.54, 1.807) is 16.7 Å². The van der Waals surface area contributed by atoms with Gasteiger partial charge in [0.05, 0.1) is 5.69 Å². The van der Waals surface area contributed by atoms with Crippen molar-refractivity contribution in [3.05, 3.63) is 47.6 Å². The lowest BCUT2D eigenvalue weighted by Gasteiger charge is -2.34. The van der Waals surface area contributed by atoms with Crippen molar-refractivity contribution in [1.29, 1.82) is 0 Å². The first-order valence-electron chi connectivity index (χ1n) is 8.21. The van der Waals surface area contributed by atoms with Gasteiger partial charge in [-0.25, -0.2) is 4.98 Å². The largest absolute Gasteiger partial charge is 0.339 e. The SMILES string of the molecule is CC(=O)N1CCN(C(=O)c2nc3sccn3c2-c2ccccc2)CC1. The maximum atomic E-state index is 13.1. The number of nitrogens with zero attached hydrogens (tertiary/aromatic N) is 4. The molecule has 6 nitrogen and oxygen atoms in total. The van der Waals surface area contributed by atoms with Gasteiger partial charge in [0.2, 0.25) is 5.91 Å². The number of benzene rings is 1. The van der Waals surface area contributed by atoms with Crippen molar-refractivity contribution < 1.29 is 9.59 Å². The predicted octanol–water partition coefficient (Wildman–Crippen LogP) is 2.37. The number of carbonyl (C=O) groups is 2. The van der Waals surface area contributed by atoms with Crippen LogP contribution in [0.1, 0.15) is 17.4 Å². The van der Waals surface area contributed by atoms with E-state index in [2.05, 4.69) is 4.98 Å². The van der Waals surface area contributed by atoms with E-state index in [1.807, 2.05) is 46.3 Å². The zero-order valence-electron chi connectivity index (χ0n) is 13.9. The molecule has 0 spiro atoms. The Morgan fingerprint density at radius 1 is 1.04 bits per heavy atom. The zero-order valence-corrected chi connectivity index (χ0v) is 14.7. The molecule has 0 atom stereocenters. The second kappa shape index (κ2) is 6.33. The number of rotatable bonds is 2. The molecule has 128 valence electrons. The molecule has 1 aliphatic rings. The lowest BCUT2D eigenvalue weighted by atomic mass is 10.1. The standard InChI is InChI=1S/C18H18N4O2S/c1-13(23)20-7-9-21(10-8-20)17(24)15-16(14-5-3-2-4-6-14)22-11-12-25-18(22)19-15/h2-6,11-12H,7-10H2,1H3. The van der Waals surface area contributed by atoms with Gasteiger partial charge < -0.3 is 9.80 Å². The average Bonchev–Trinajstić information content (AvgIpc) is 3.22. The molecule has 2 amide bonds. The van der Waals surface area contributed by atoms with E-state index in [0.717, 1.165) is 16.2 Å². The third-order valence-corrected chi connectivity index (χ3v) is 5.28. The van der Waals surface area contributed by atoms with E-state index < -0.39 is 0 Å². The molecular weight excluding hydrogens is 336 g/mol. The Kier molecular flexibility index (Phi) is 4.01. The van der Waals surface area contributed by atoms with Crippen LogP contribution in [0.5, 0.6) is 0 Å².